The molecule has 0 aromatic heterocycles. The smallest absolute Gasteiger partial charge is 0.143 e. The molecule has 0 heterocycles. The molecule has 13 heteroatoms. The Hall–Kier alpha value is -1.10. The Labute approximate surface area is 177 Å². The lowest BCUT2D eigenvalue weighted by Gasteiger charge is -2.83. The molecule has 5 unspecified atom stereocenters. The van der Waals surface area contributed by atoms with E-state index < -0.39 is 55.8 Å². The first-order chi connectivity index (χ1) is 12.9. The summed E-state index contributed by atoms with van der Waals surface area (Å²) in [7, 11) is 0. The standard InChI is InChI=1S/C17H41N13/c1-8(2)9(3,18)15(24,25)12(21)13(29-6,17(8,28)30-7)10(4,19)14(22,23)11(5,20)16(12,26)27/h6-7,18-28H2,1-5H3/t9?,10?,11?,12-,13?,17?/m1/s1. The van der Waals surface area contributed by atoms with Gasteiger partial charge < -0.3 is 63.1 Å². The van der Waals surface area contributed by atoms with E-state index in [-0.39, 0.29) is 0 Å². The first-order valence-electron chi connectivity index (χ1n) is 9.51. The molecular formula is C17H41N13. The van der Waals surface area contributed by atoms with Gasteiger partial charge in [-0.05, 0) is 34.2 Å². The van der Waals surface area contributed by atoms with Crippen molar-refractivity contribution in [2.75, 3.05) is 0 Å². The number of nitrogens with two attached hydrogens (primary N) is 11. The maximum Gasteiger partial charge on any atom is 0.143 e. The zero-order valence-electron chi connectivity index (χ0n) is 18.7. The van der Waals surface area contributed by atoms with Crippen LogP contribution in [0, 0.1) is 5.41 Å². The first kappa shape index (κ1) is 25.2. The Balaban J connectivity index is 3.38. The molecule has 13 nitrogen and oxygen atoms in total. The number of hydrogen-bond donors (Lipinski definition) is 11. The van der Waals surface area contributed by atoms with Crippen LogP contribution in [0.25, 0.3) is 0 Å². The lowest BCUT2D eigenvalue weighted by Crippen LogP contribution is -3.16. The quantitative estimate of drug-likeness (QED) is 0.146. The van der Waals surface area contributed by atoms with E-state index in [2.05, 4.69) is 23.4 Å². The molecule has 174 valence electrons. The molecule has 0 radical (unpaired) electrons. The van der Waals surface area contributed by atoms with Crippen LogP contribution in [0.3, 0.4) is 0 Å². The summed E-state index contributed by atoms with van der Waals surface area (Å²) in [5.74, 6) is 0. The summed E-state index contributed by atoms with van der Waals surface area (Å²) < 4.78 is 0. The van der Waals surface area contributed by atoms with Crippen LogP contribution in [0.1, 0.15) is 34.6 Å². The van der Waals surface area contributed by atoms with Crippen LogP contribution in [-0.2, 0) is 0 Å². The molecule has 22 N–H and O–H groups in total. The summed E-state index contributed by atoms with van der Waals surface area (Å²) in [6.45, 7) is 15.2. The van der Waals surface area contributed by atoms with Crippen molar-refractivity contribution in [2.45, 2.75) is 85.0 Å². The van der Waals surface area contributed by atoms with Crippen molar-refractivity contribution in [1.29, 1.82) is 0 Å². The lowest BCUT2D eigenvalue weighted by atomic mass is 9.31. The fourth-order valence-electron chi connectivity index (χ4n) is 6.13. The monoisotopic (exact) mass is 427 g/mol. The van der Waals surface area contributed by atoms with Gasteiger partial charge in [-0.2, -0.15) is 0 Å². The maximum atomic E-state index is 7.03. The molecule has 0 aromatic rings. The highest BCUT2D eigenvalue weighted by molar-refractivity contribution is 5.57. The van der Waals surface area contributed by atoms with Gasteiger partial charge >= 0.3 is 0 Å². The third-order valence-corrected chi connectivity index (χ3v) is 9.35. The summed E-state index contributed by atoms with van der Waals surface area (Å²) in [4.78, 5) is 8.53. The van der Waals surface area contributed by atoms with E-state index in [1.807, 2.05) is 0 Å². The second kappa shape index (κ2) is 5.44. The van der Waals surface area contributed by atoms with E-state index in [1.54, 1.807) is 20.8 Å². The van der Waals surface area contributed by atoms with Gasteiger partial charge in [-0.15, -0.1) is 0 Å². The van der Waals surface area contributed by atoms with Crippen LogP contribution in [0.2, 0.25) is 0 Å². The highest BCUT2D eigenvalue weighted by atomic mass is 15.4. The molecule has 2 rings (SSSR count). The molecule has 0 saturated heterocycles. The topological polar surface area (TPSA) is 311 Å². The molecular weight excluding hydrogens is 386 g/mol. The van der Waals surface area contributed by atoms with Crippen molar-refractivity contribution in [3.8, 4) is 0 Å². The van der Waals surface area contributed by atoms with Crippen molar-refractivity contribution < 1.29 is 0 Å². The van der Waals surface area contributed by atoms with Crippen molar-refractivity contribution in [3.63, 3.8) is 0 Å². The fraction of sp³-hybridized carbons (Fsp3) is 0.882. The molecule has 6 atom stereocenters. The van der Waals surface area contributed by atoms with E-state index in [4.69, 9.17) is 63.1 Å². The summed E-state index contributed by atoms with van der Waals surface area (Å²) in [5.41, 5.74) is 54.8. The SMILES string of the molecule is C=NC1(N)C(C)(C)C(C)(N)C(N)(N)[C@@]2(N)C(N)(N)C(C)(N)C(N)(N)C(C)(N)C12N=C. The minimum absolute atomic E-state index is 1.27. The minimum atomic E-state index is -2.25. The number of aliphatic imine (C=N–C) groups is 2. The van der Waals surface area contributed by atoms with Gasteiger partial charge in [-0.1, -0.05) is 13.8 Å². The van der Waals surface area contributed by atoms with Gasteiger partial charge in [0, 0.05) is 5.41 Å². The Kier molecular flexibility index (Phi) is 4.57. The normalized spacial score (nSPS) is 53.5. The Bertz CT molecular complexity index is 783. The largest absolute Gasteiger partial charge is 0.322 e. The second-order valence-corrected chi connectivity index (χ2v) is 10.4. The van der Waals surface area contributed by atoms with E-state index in [0.29, 0.717) is 0 Å². The van der Waals surface area contributed by atoms with Crippen molar-refractivity contribution in [1.82, 2.24) is 0 Å². The van der Waals surface area contributed by atoms with Crippen LogP contribution in [0.4, 0.5) is 0 Å². The summed E-state index contributed by atoms with van der Waals surface area (Å²) in [6, 6.07) is 0. The third kappa shape index (κ3) is 1.67. The molecule has 0 spiro atoms. The van der Waals surface area contributed by atoms with Crippen LogP contribution in [-0.4, -0.2) is 63.8 Å². The van der Waals surface area contributed by atoms with Crippen molar-refractivity contribution in [2.24, 2.45) is 78.5 Å². The lowest BCUT2D eigenvalue weighted by molar-refractivity contribution is -0.231. The predicted octanol–water partition coefficient (Wildman–Crippen LogP) is -5.47. The van der Waals surface area contributed by atoms with Crippen molar-refractivity contribution in [3.05, 3.63) is 0 Å². The van der Waals surface area contributed by atoms with Gasteiger partial charge in [-0.25, -0.2) is 0 Å². The second-order valence-electron chi connectivity index (χ2n) is 10.4. The van der Waals surface area contributed by atoms with Gasteiger partial charge in [-0.3, -0.25) is 9.98 Å². The molecule has 0 amide bonds. The van der Waals surface area contributed by atoms with Crippen LogP contribution in [0.5, 0.6) is 0 Å². The van der Waals surface area contributed by atoms with Gasteiger partial charge in [0.05, 0.1) is 16.6 Å². The fourth-order valence-corrected chi connectivity index (χ4v) is 6.13. The van der Waals surface area contributed by atoms with Crippen LogP contribution < -0.4 is 63.1 Å². The Morgan fingerprint density at radius 2 is 0.867 bits per heavy atom. The third-order valence-electron chi connectivity index (χ3n) is 9.35. The summed E-state index contributed by atoms with van der Waals surface area (Å²) in [5, 5.41) is 0. The first-order valence-corrected chi connectivity index (χ1v) is 9.51. The molecule has 2 fully saturated rings. The number of nitrogens with zero attached hydrogens (tertiary/aromatic N) is 2. The molecule has 0 bridgehead atoms. The van der Waals surface area contributed by atoms with Crippen molar-refractivity contribution >= 4 is 13.4 Å². The molecule has 0 aliphatic heterocycles. The number of rotatable bonds is 2. The Morgan fingerprint density at radius 1 is 0.500 bits per heavy atom. The molecule has 0 aromatic carbocycles. The Morgan fingerprint density at radius 3 is 1.20 bits per heavy atom. The van der Waals surface area contributed by atoms with E-state index in [9.17, 15) is 0 Å². The van der Waals surface area contributed by atoms with Gasteiger partial charge in [0.1, 0.15) is 33.7 Å². The van der Waals surface area contributed by atoms with Gasteiger partial charge in [0.15, 0.2) is 0 Å². The van der Waals surface area contributed by atoms with E-state index in [1.165, 1.54) is 13.8 Å². The average Bonchev–Trinajstić information content (AvgIpc) is 2.58. The number of hydrogen-bond acceptors (Lipinski definition) is 13. The summed E-state index contributed by atoms with van der Waals surface area (Å²) in [6.07, 6.45) is 0. The average molecular weight is 428 g/mol. The highest BCUT2D eigenvalue weighted by Crippen LogP contribution is 2.67. The minimum Gasteiger partial charge on any atom is -0.322 e. The van der Waals surface area contributed by atoms with E-state index in [0.717, 1.165) is 0 Å². The number of fused-ring (bicyclic) bond motifs is 1. The van der Waals surface area contributed by atoms with E-state index >= 15 is 0 Å². The van der Waals surface area contributed by atoms with Gasteiger partial charge in [0.2, 0.25) is 0 Å². The zero-order chi connectivity index (χ0) is 24.4. The molecule has 2 aliphatic rings. The molecule has 2 aliphatic carbocycles. The summed E-state index contributed by atoms with van der Waals surface area (Å²) >= 11 is 0. The predicted molar refractivity (Wildman–Crippen MR) is 121 cm³/mol. The molecule has 2 saturated carbocycles. The van der Waals surface area contributed by atoms with Gasteiger partial charge in [0.25, 0.3) is 0 Å². The van der Waals surface area contributed by atoms with Crippen LogP contribution in [0.15, 0.2) is 9.98 Å². The zero-order valence-corrected chi connectivity index (χ0v) is 18.7. The molecule has 30 heavy (non-hydrogen) atoms. The van der Waals surface area contributed by atoms with Crippen LogP contribution >= 0.6 is 0 Å². The highest BCUT2D eigenvalue weighted by Gasteiger charge is 2.94. The maximum absolute atomic E-state index is 7.03.